The van der Waals surface area contributed by atoms with Gasteiger partial charge in [0, 0.05) is 5.25 Å². The van der Waals surface area contributed by atoms with Crippen LogP contribution in [0.2, 0.25) is 0 Å². The van der Waals surface area contributed by atoms with Gasteiger partial charge < -0.3 is 9.47 Å². The normalized spacial score (nSPS) is 41.4. The molecule has 0 amide bonds. The number of carbonyl (C=O) groups is 2. The van der Waals surface area contributed by atoms with Gasteiger partial charge in [0.1, 0.15) is 0 Å². The molecule has 20 heavy (non-hydrogen) atoms. The second-order valence-corrected chi connectivity index (χ2v) is 7.83. The van der Waals surface area contributed by atoms with Gasteiger partial charge in [-0.1, -0.05) is 6.92 Å². The lowest BCUT2D eigenvalue weighted by atomic mass is 9.79. The standard InChI is InChI=1S/C14H17NO4S/c1-4-13(2,3)12(17)18-9-8-5-7-11(16)19-10(9)14(7,6-15)20-8/h7-10H,4-5H2,1-3H3. The van der Waals surface area contributed by atoms with Crippen molar-refractivity contribution in [2.75, 3.05) is 0 Å². The molecule has 0 spiro atoms. The summed E-state index contributed by atoms with van der Waals surface area (Å²) in [6.45, 7) is 5.59. The quantitative estimate of drug-likeness (QED) is 0.737. The second-order valence-electron chi connectivity index (χ2n) is 6.31. The molecular formula is C14H17NO4S. The van der Waals surface area contributed by atoms with Crippen LogP contribution in [0.3, 0.4) is 0 Å². The highest BCUT2D eigenvalue weighted by Crippen LogP contribution is 2.63. The molecule has 5 nitrogen and oxygen atoms in total. The third kappa shape index (κ3) is 1.56. The van der Waals surface area contributed by atoms with E-state index in [9.17, 15) is 14.9 Å². The van der Waals surface area contributed by atoms with Gasteiger partial charge >= 0.3 is 11.9 Å². The van der Waals surface area contributed by atoms with Crippen molar-refractivity contribution in [1.82, 2.24) is 0 Å². The molecule has 5 unspecified atom stereocenters. The first-order valence-corrected chi connectivity index (χ1v) is 7.74. The van der Waals surface area contributed by atoms with Crippen molar-refractivity contribution < 1.29 is 19.1 Å². The van der Waals surface area contributed by atoms with E-state index in [1.54, 1.807) is 0 Å². The van der Waals surface area contributed by atoms with Gasteiger partial charge in [-0.15, -0.1) is 11.8 Å². The molecule has 3 fully saturated rings. The maximum Gasteiger partial charge on any atom is 0.312 e. The summed E-state index contributed by atoms with van der Waals surface area (Å²) < 4.78 is 10.1. The van der Waals surface area contributed by atoms with Crippen LogP contribution in [0.4, 0.5) is 0 Å². The molecule has 0 aliphatic carbocycles. The molecule has 2 bridgehead atoms. The Morgan fingerprint density at radius 2 is 2.35 bits per heavy atom. The molecule has 0 aromatic heterocycles. The number of ether oxygens (including phenoxy) is 2. The minimum absolute atomic E-state index is 0.00675. The van der Waals surface area contributed by atoms with Crippen LogP contribution in [0, 0.1) is 22.7 Å². The van der Waals surface area contributed by atoms with Gasteiger partial charge in [0.15, 0.2) is 17.0 Å². The number of hydrogen-bond acceptors (Lipinski definition) is 6. The average molecular weight is 295 g/mol. The summed E-state index contributed by atoms with van der Waals surface area (Å²) in [5.74, 6) is -0.966. The molecule has 3 aliphatic heterocycles. The number of esters is 2. The molecule has 3 saturated heterocycles. The highest BCUT2D eigenvalue weighted by Gasteiger charge is 2.74. The second kappa shape index (κ2) is 4.14. The lowest BCUT2D eigenvalue weighted by Gasteiger charge is -2.30. The molecule has 0 aromatic carbocycles. The zero-order valence-electron chi connectivity index (χ0n) is 11.7. The fourth-order valence-corrected chi connectivity index (χ4v) is 4.91. The topological polar surface area (TPSA) is 76.4 Å². The summed E-state index contributed by atoms with van der Waals surface area (Å²) in [7, 11) is 0. The van der Waals surface area contributed by atoms with E-state index in [1.807, 2.05) is 20.8 Å². The smallest absolute Gasteiger partial charge is 0.312 e. The van der Waals surface area contributed by atoms with Crippen molar-refractivity contribution in [1.29, 1.82) is 5.26 Å². The predicted molar refractivity (Wildman–Crippen MR) is 71.7 cm³/mol. The van der Waals surface area contributed by atoms with Gasteiger partial charge in [-0.3, -0.25) is 9.59 Å². The van der Waals surface area contributed by atoms with Crippen LogP contribution in [0.1, 0.15) is 33.6 Å². The van der Waals surface area contributed by atoms with Gasteiger partial charge in [-0.2, -0.15) is 5.26 Å². The number of nitrogens with zero attached hydrogens (tertiary/aromatic N) is 1. The van der Waals surface area contributed by atoms with Crippen molar-refractivity contribution in [2.45, 2.75) is 55.8 Å². The monoisotopic (exact) mass is 295 g/mol. The fourth-order valence-electron chi connectivity index (χ4n) is 3.06. The van der Waals surface area contributed by atoms with E-state index in [0.29, 0.717) is 12.8 Å². The molecule has 0 saturated carbocycles. The minimum Gasteiger partial charge on any atom is -0.457 e. The third-order valence-corrected chi connectivity index (χ3v) is 6.56. The zero-order valence-corrected chi connectivity index (χ0v) is 12.5. The highest BCUT2D eigenvalue weighted by atomic mass is 32.2. The van der Waals surface area contributed by atoms with Gasteiger partial charge in [-0.05, 0) is 26.7 Å². The fraction of sp³-hybridized carbons (Fsp3) is 0.786. The van der Waals surface area contributed by atoms with E-state index >= 15 is 0 Å². The Morgan fingerprint density at radius 3 is 2.95 bits per heavy atom. The van der Waals surface area contributed by atoms with Gasteiger partial charge in [0.05, 0.1) is 17.4 Å². The first-order valence-electron chi connectivity index (χ1n) is 6.86. The van der Waals surface area contributed by atoms with E-state index in [1.165, 1.54) is 11.8 Å². The Hall–Kier alpha value is -1.22. The molecule has 0 aromatic rings. The minimum atomic E-state index is -0.844. The number of thioether (sulfide) groups is 1. The Bertz CT molecular complexity index is 526. The van der Waals surface area contributed by atoms with Crippen LogP contribution < -0.4 is 0 Å². The first-order chi connectivity index (χ1) is 9.35. The number of carbonyl (C=O) groups excluding carboxylic acids is 2. The summed E-state index contributed by atoms with van der Waals surface area (Å²) in [6, 6.07) is 2.24. The lowest BCUT2D eigenvalue weighted by Crippen LogP contribution is -2.47. The van der Waals surface area contributed by atoms with Gasteiger partial charge in [0.2, 0.25) is 0 Å². The molecule has 3 rings (SSSR count). The number of rotatable bonds is 3. The molecule has 0 N–H and O–H groups in total. The van der Waals surface area contributed by atoms with Crippen LogP contribution >= 0.6 is 11.8 Å². The largest absolute Gasteiger partial charge is 0.457 e. The van der Waals surface area contributed by atoms with E-state index in [4.69, 9.17) is 9.47 Å². The Balaban J connectivity index is 1.83. The zero-order chi connectivity index (χ0) is 14.7. The van der Waals surface area contributed by atoms with E-state index in [2.05, 4.69) is 6.07 Å². The summed E-state index contributed by atoms with van der Waals surface area (Å²) >= 11 is 1.45. The SMILES string of the molecule is CCC(C)(C)C(=O)OC1C2CC3C(=O)OC1C3(C#N)S2. The van der Waals surface area contributed by atoms with E-state index < -0.39 is 22.4 Å². The molecule has 108 valence electrons. The van der Waals surface area contributed by atoms with Crippen molar-refractivity contribution >= 4 is 23.7 Å². The maximum absolute atomic E-state index is 12.2. The Morgan fingerprint density at radius 1 is 1.65 bits per heavy atom. The maximum atomic E-state index is 12.2. The Kier molecular flexibility index (Phi) is 2.85. The molecule has 5 atom stereocenters. The van der Waals surface area contributed by atoms with Crippen LogP contribution in [-0.4, -0.2) is 34.1 Å². The lowest BCUT2D eigenvalue weighted by molar-refractivity contribution is -0.168. The van der Waals surface area contributed by atoms with Crippen LogP contribution in [0.5, 0.6) is 0 Å². The van der Waals surface area contributed by atoms with Crippen molar-refractivity contribution in [3.05, 3.63) is 0 Å². The number of nitriles is 1. The van der Waals surface area contributed by atoms with E-state index in [-0.39, 0.29) is 23.1 Å². The molecule has 0 radical (unpaired) electrons. The summed E-state index contributed by atoms with van der Waals surface area (Å²) in [5, 5.41) is 9.45. The number of hydrogen-bond donors (Lipinski definition) is 0. The summed E-state index contributed by atoms with van der Waals surface area (Å²) in [4.78, 5) is 24.0. The first kappa shape index (κ1) is 13.7. The summed E-state index contributed by atoms with van der Waals surface area (Å²) in [6.07, 6.45) is 0.149. The van der Waals surface area contributed by atoms with Crippen LogP contribution in [0.25, 0.3) is 0 Å². The van der Waals surface area contributed by atoms with Crippen LogP contribution in [0.15, 0.2) is 0 Å². The predicted octanol–water partition coefficient (Wildman–Crippen LogP) is 1.66. The van der Waals surface area contributed by atoms with Gasteiger partial charge in [0.25, 0.3) is 0 Å². The highest BCUT2D eigenvalue weighted by molar-refractivity contribution is 8.02. The van der Waals surface area contributed by atoms with Crippen molar-refractivity contribution in [3.8, 4) is 6.07 Å². The third-order valence-electron chi connectivity index (χ3n) is 4.80. The van der Waals surface area contributed by atoms with Crippen LogP contribution in [-0.2, 0) is 19.1 Å². The van der Waals surface area contributed by atoms with Gasteiger partial charge in [-0.25, -0.2) is 0 Å². The molecule has 3 aliphatic rings. The average Bonchev–Trinajstić information content (AvgIpc) is 2.98. The Labute approximate surface area is 122 Å². The number of fused-ring (bicyclic) bond motifs is 1. The van der Waals surface area contributed by atoms with E-state index in [0.717, 1.165) is 0 Å². The molecule has 6 heteroatoms. The molecule has 3 heterocycles. The summed E-state index contributed by atoms with van der Waals surface area (Å²) in [5.41, 5.74) is -0.561. The van der Waals surface area contributed by atoms with Crippen molar-refractivity contribution in [2.24, 2.45) is 11.3 Å². The molecular weight excluding hydrogens is 278 g/mol. The van der Waals surface area contributed by atoms with Crippen molar-refractivity contribution in [3.63, 3.8) is 0 Å².